The molecule has 0 spiro atoms. The Kier molecular flexibility index (Phi) is 8.01. The molecule has 0 fully saturated rings. The maximum absolute atomic E-state index is 13.5. The van der Waals surface area contributed by atoms with E-state index in [-0.39, 0.29) is 5.69 Å². The molecule has 2 rings (SSSR count). The zero-order valence-electron chi connectivity index (χ0n) is 16.9. The average molecular weight is 423 g/mol. The van der Waals surface area contributed by atoms with Crippen LogP contribution < -0.4 is 14.4 Å². The molecule has 0 saturated carbocycles. The summed E-state index contributed by atoms with van der Waals surface area (Å²) in [6.07, 6.45) is 2.46. The van der Waals surface area contributed by atoms with E-state index in [0.29, 0.717) is 19.6 Å². The van der Waals surface area contributed by atoms with Gasteiger partial charge in [0, 0.05) is 6.54 Å². The summed E-state index contributed by atoms with van der Waals surface area (Å²) in [5, 5.41) is 2.76. The van der Waals surface area contributed by atoms with Crippen molar-refractivity contribution < 1.29 is 22.3 Å². The van der Waals surface area contributed by atoms with Crippen LogP contribution in [0.3, 0.4) is 0 Å². The van der Waals surface area contributed by atoms with E-state index in [1.807, 2.05) is 31.2 Å². The third kappa shape index (κ3) is 6.74. The Morgan fingerprint density at radius 1 is 1.21 bits per heavy atom. The van der Waals surface area contributed by atoms with Crippen molar-refractivity contribution in [2.24, 2.45) is 0 Å². The maximum atomic E-state index is 13.5. The molecule has 8 heteroatoms. The van der Waals surface area contributed by atoms with Crippen LogP contribution in [0.2, 0.25) is 0 Å². The lowest BCUT2D eigenvalue weighted by molar-refractivity contribution is -0.121. The van der Waals surface area contributed by atoms with Crippen LogP contribution >= 0.6 is 0 Å². The lowest BCUT2D eigenvalue weighted by Crippen LogP contribution is -2.48. The molecule has 0 radical (unpaired) electrons. The van der Waals surface area contributed by atoms with Gasteiger partial charge in [0.25, 0.3) is 0 Å². The summed E-state index contributed by atoms with van der Waals surface area (Å²) in [6, 6.07) is 11.9. The molecule has 1 atom stereocenters. The predicted molar refractivity (Wildman–Crippen MR) is 112 cm³/mol. The fraction of sp³-hybridized carbons (Fsp3) is 0.381. The number of anilines is 1. The molecule has 0 unspecified atom stereocenters. The largest absolute Gasteiger partial charge is 0.494 e. The van der Waals surface area contributed by atoms with Gasteiger partial charge in [-0.3, -0.25) is 9.10 Å². The fourth-order valence-electron chi connectivity index (χ4n) is 2.99. The molecule has 29 heavy (non-hydrogen) atoms. The van der Waals surface area contributed by atoms with Crippen molar-refractivity contribution in [3.63, 3.8) is 0 Å². The van der Waals surface area contributed by atoms with Crippen molar-refractivity contribution in [1.82, 2.24) is 5.32 Å². The SMILES string of the molecule is CCOc1ccc(CCCNC(=O)[C@H](C)N(c2cccc(F)c2)S(C)(=O)=O)cc1. The number of hydrogen-bond donors (Lipinski definition) is 1. The Morgan fingerprint density at radius 3 is 2.48 bits per heavy atom. The predicted octanol–water partition coefficient (Wildman–Crippen LogP) is 3.13. The van der Waals surface area contributed by atoms with E-state index in [2.05, 4.69) is 5.32 Å². The Labute approximate surface area is 171 Å². The number of rotatable bonds is 10. The van der Waals surface area contributed by atoms with Gasteiger partial charge in [-0.1, -0.05) is 18.2 Å². The lowest BCUT2D eigenvalue weighted by atomic mass is 10.1. The van der Waals surface area contributed by atoms with Gasteiger partial charge in [0.05, 0.1) is 18.6 Å². The number of sulfonamides is 1. The number of amides is 1. The van der Waals surface area contributed by atoms with Gasteiger partial charge in [0.1, 0.15) is 17.6 Å². The van der Waals surface area contributed by atoms with Crippen LogP contribution in [0.5, 0.6) is 5.75 Å². The number of nitrogens with one attached hydrogen (secondary N) is 1. The summed E-state index contributed by atoms with van der Waals surface area (Å²) in [5.41, 5.74) is 1.23. The van der Waals surface area contributed by atoms with Crippen LogP contribution in [0.1, 0.15) is 25.8 Å². The quantitative estimate of drug-likeness (QED) is 0.597. The zero-order valence-corrected chi connectivity index (χ0v) is 17.7. The van der Waals surface area contributed by atoms with Gasteiger partial charge in [-0.05, 0) is 62.6 Å². The van der Waals surface area contributed by atoms with E-state index in [4.69, 9.17) is 4.74 Å². The van der Waals surface area contributed by atoms with Gasteiger partial charge >= 0.3 is 0 Å². The van der Waals surface area contributed by atoms with E-state index in [0.717, 1.165) is 34.4 Å². The van der Waals surface area contributed by atoms with Crippen molar-refractivity contribution in [2.75, 3.05) is 23.7 Å². The summed E-state index contributed by atoms with van der Waals surface area (Å²) < 4.78 is 44.2. The topological polar surface area (TPSA) is 75.7 Å². The molecule has 2 aromatic rings. The number of aryl methyl sites for hydroxylation is 1. The van der Waals surface area contributed by atoms with Gasteiger partial charge in [0.15, 0.2) is 0 Å². The number of hydrogen-bond acceptors (Lipinski definition) is 4. The fourth-order valence-corrected chi connectivity index (χ4v) is 4.16. The van der Waals surface area contributed by atoms with Crippen LogP contribution in [-0.4, -0.2) is 39.8 Å². The van der Waals surface area contributed by atoms with E-state index < -0.39 is 27.8 Å². The molecule has 1 amide bonds. The summed E-state index contributed by atoms with van der Waals surface area (Å²) in [7, 11) is -3.77. The Balaban J connectivity index is 1.92. The molecule has 0 heterocycles. The molecule has 1 N–H and O–H groups in total. The summed E-state index contributed by atoms with van der Waals surface area (Å²) in [4.78, 5) is 12.5. The van der Waals surface area contributed by atoms with Gasteiger partial charge in [-0.2, -0.15) is 0 Å². The first-order valence-electron chi connectivity index (χ1n) is 9.46. The van der Waals surface area contributed by atoms with Crippen LogP contribution in [-0.2, 0) is 21.2 Å². The van der Waals surface area contributed by atoms with Crippen LogP contribution in [0.4, 0.5) is 10.1 Å². The van der Waals surface area contributed by atoms with Gasteiger partial charge in [-0.15, -0.1) is 0 Å². The second-order valence-electron chi connectivity index (χ2n) is 6.69. The number of carbonyl (C=O) groups is 1. The van der Waals surface area contributed by atoms with Gasteiger partial charge < -0.3 is 10.1 Å². The molecule has 2 aromatic carbocycles. The number of halogens is 1. The lowest BCUT2D eigenvalue weighted by Gasteiger charge is -2.28. The molecular formula is C21H27FN2O4S. The highest BCUT2D eigenvalue weighted by Crippen LogP contribution is 2.21. The third-order valence-corrected chi connectivity index (χ3v) is 5.57. The molecule has 0 saturated heterocycles. The van der Waals surface area contributed by atoms with Crippen LogP contribution in [0.15, 0.2) is 48.5 Å². The average Bonchev–Trinajstić information content (AvgIpc) is 2.65. The smallest absolute Gasteiger partial charge is 0.243 e. The standard InChI is InChI=1S/C21H27FN2O4S/c1-4-28-20-12-10-17(11-13-20)7-6-14-23-21(25)16(2)24(29(3,26)27)19-9-5-8-18(22)15-19/h5,8-13,15-16H,4,6-7,14H2,1-3H3,(H,23,25)/t16-/m0/s1. The monoisotopic (exact) mass is 422 g/mol. The van der Waals surface area contributed by atoms with Gasteiger partial charge in [-0.25, -0.2) is 12.8 Å². The minimum Gasteiger partial charge on any atom is -0.494 e. The molecule has 0 bridgehead atoms. The third-order valence-electron chi connectivity index (χ3n) is 4.33. The zero-order chi connectivity index (χ0) is 21.4. The minimum atomic E-state index is -3.77. The van der Waals surface area contributed by atoms with E-state index in [1.54, 1.807) is 0 Å². The van der Waals surface area contributed by atoms with Crippen molar-refractivity contribution >= 4 is 21.6 Å². The normalized spacial score (nSPS) is 12.3. The van der Waals surface area contributed by atoms with E-state index >= 15 is 0 Å². The molecule has 0 aromatic heterocycles. The minimum absolute atomic E-state index is 0.115. The number of carbonyl (C=O) groups excluding carboxylic acids is 1. The van der Waals surface area contributed by atoms with Crippen molar-refractivity contribution in [1.29, 1.82) is 0 Å². The molecule has 0 aliphatic carbocycles. The summed E-state index contributed by atoms with van der Waals surface area (Å²) in [6.45, 7) is 4.42. The first-order valence-corrected chi connectivity index (χ1v) is 11.3. The first-order chi connectivity index (χ1) is 13.7. The van der Waals surface area contributed by atoms with Crippen molar-refractivity contribution in [2.45, 2.75) is 32.7 Å². The number of benzene rings is 2. The number of ether oxygens (including phenoxy) is 1. The highest BCUT2D eigenvalue weighted by molar-refractivity contribution is 7.92. The van der Waals surface area contributed by atoms with Crippen molar-refractivity contribution in [3.8, 4) is 5.75 Å². The van der Waals surface area contributed by atoms with Crippen LogP contribution in [0, 0.1) is 5.82 Å². The van der Waals surface area contributed by atoms with E-state index in [9.17, 15) is 17.6 Å². The maximum Gasteiger partial charge on any atom is 0.243 e. The highest BCUT2D eigenvalue weighted by Gasteiger charge is 2.29. The number of nitrogens with zero attached hydrogens (tertiary/aromatic N) is 1. The first kappa shape index (κ1) is 22.7. The highest BCUT2D eigenvalue weighted by atomic mass is 32.2. The molecule has 158 valence electrons. The molecule has 0 aliphatic heterocycles. The summed E-state index contributed by atoms with van der Waals surface area (Å²) in [5.74, 6) is -0.193. The molecule has 0 aliphatic rings. The molecule has 6 nitrogen and oxygen atoms in total. The second-order valence-corrected chi connectivity index (χ2v) is 8.55. The van der Waals surface area contributed by atoms with Gasteiger partial charge in [0.2, 0.25) is 15.9 Å². The Bertz CT molecular complexity index is 917. The van der Waals surface area contributed by atoms with Crippen LogP contribution in [0.25, 0.3) is 0 Å². The Morgan fingerprint density at radius 2 is 1.90 bits per heavy atom. The van der Waals surface area contributed by atoms with Crippen molar-refractivity contribution in [3.05, 3.63) is 59.9 Å². The Hall–Kier alpha value is -2.61. The summed E-state index contributed by atoms with van der Waals surface area (Å²) >= 11 is 0. The second kappa shape index (κ2) is 10.2. The molecular weight excluding hydrogens is 395 g/mol. The van der Waals surface area contributed by atoms with E-state index in [1.165, 1.54) is 25.1 Å².